The quantitative estimate of drug-likeness (QED) is 0.917. The molecule has 2 amide bonds. The molecule has 0 radical (unpaired) electrons. The Balaban J connectivity index is 2.09. The molecule has 1 aromatic carbocycles. The first-order chi connectivity index (χ1) is 10.9. The van der Waals surface area contributed by atoms with E-state index in [4.69, 9.17) is 5.73 Å². The van der Waals surface area contributed by atoms with Crippen LogP contribution in [-0.2, 0) is 13.5 Å². The van der Waals surface area contributed by atoms with Crippen molar-refractivity contribution >= 4 is 17.5 Å². The van der Waals surface area contributed by atoms with Crippen LogP contribution in [0.3, 0.4) is 0 Å². The summed E-state index contributed by atoms with van der Waals surface area (Å²) in [5.41, 5.74) is 9.79. The number of nitrogens with zero attached hydrogens (tertiary/aromatic N) is 3. The smallest absolute Gasteiger partial charge is 0.262 e. The number of amides is 2. The number of fused-ring (bicyclic) bond motifs is 1. The number of carbonyl (C=O) groups excluding carboxylic acids is 2. The van der Waals surface area contributed by atoms with Gasteiger partial charge in [-0.1, -0.05) is 6.07 Å². The van der Waals surface area contributed by atoms with Crippen molar-refractivity contribution in [2.24, 2.45) is 12.8 Å². The van der Waals surface area contributed by atoms with Gasteiger partial charge in [-0.15, -0.1) is 0 Å². The largest absolute Gasteiger partial charge is 0.366 e. The zero-order valence-corrected chi connectivity index (χ0v) is 13.6. The van der Waals surface area contributed by atoms with Crippen LogP contribution >= 0.6 is 0 Å². The molecule has 6 heteroatoms. The minimum absolute atomic E-state index is 0.0735. The Morgan fingerprint density at radius 2 is 2.00 bits per heavy atom. The molecule has 2 heterocycles. The third-order valence-corrected chi connectivity index (χ3v) is 4.48. The van der Waals surface area contributed by atoms with Gasteiger partial charge >= 0.3 is 0 Å². The molecule has 0 spiro atoms. The SMILES string of the molecule is Cc1nn(C)c(C)c1C(=O)N1CCCc2c(C(N)=O)cccc21. The van der Waals surface area contributed by atoms with Crippen molar-refractivity contribution in [3.63, 3.8) is 0 Å². The number of nitrogens with two attached hydrogens (primary N) is 1. The minimum atomic E-state index is -0.454. The summed E-state index contributed by atoms with van der Waals surface area (Å²) in [6.45, 7) is 4.35. The number of primary amides is 1. The Bertz CT molecular complexity index is 807. The lowest BCUT2D eigenvalue weighted by Crippen LogP contribution is -2.37. The molecule has 1 aromatic heterocycles. The molecule has 1 aliphatic heterocycles. The van der Waals surface area contributed by atoms with Crippen molar-refractivity contribution in [3.8, 4) is 0 Å². The van der Waals surface area contributed by atoms with Crippen molar-refractivity contribution in [1.29, 1.82) is 0 Å². The van der Waals surface area contributed by atoms with Crippen molar-refractivity contribution < 1.29 is 9.59 Å². The predicted octanol–water partition coefficient (Wildman–Crippen LogP) is 1.73. The van der Waals surface area contributed by atoms with Gasteiger partial charge in [-0.3, -0.25) is 14.3 Å². The molecule has 0 saturated heterocycles. The lowest BCUT2D eigenvalue weighted by Gasteiger charge is -2.30. The van der Waals surface area contributed by atoms with E-state index in [0.29, 0.717) is 23.4 Å². The Kier molecular flexibility index (Phi) is 3.67. The summed E-state index contributed by atoms with van der Waals surface area (Å²) < 4.78 is 1.72. The van der Waals surface area contributed by atoms with Gasteiger partial charge in [-0.25, -0.2) is 0 Å². The number of anilines is 1. The highest BCUT2D eigenvalue weighted by molar-refractivity contribution is 6.09. The highest BCUT2D eigenvalue weighted by Crippen LogP contribution is 2.31. The fourth-order valence-electron chi connectivity index (χ4n) is 3.28. The zero-order chi connectivity index (χ0) is 16.7. The molecule has 3 rings (SSSR count). The predicted molar refractivity (Wildman–Crippen MR) is 87.6 cm³/mol. The summed E-state index contributed by atoms with van der Waals surface area (Å²) in [7, 11) is 1.83. The number of hydrogen-bond acceptors (Lipinski definition) is 3. The summed E-state index contributed by atoms with van der Waals surface area (Å²) in [6.07, 6.45) is 1.56. The van der Waals surface area contributed by atoms with Gasteiger partial charge in [-0.2, -0.15) is 5.10 Å². The maximum atomic E-state index is 13.1. The number of carbonyl (C=O) groups is 2. The zero-order valence-electron chi connectivity index (χ0n) is 13.6. The topological polar surface area (TPSA) is 81.2 Å². The Morgan fingerprint density at radius 1 is 1.26 bits per heavy atom. The van der Waals surface area contributed by atoms with E-state index in [1.54, 1.807) is 21.7 Å². The van der Waals surface area contributed by atoms with Gasteiger partial charge in [0, 0.05) is 30.5 Å². The molecule has 0 atom stereocenters. The lowest BCUT2D eigenvalue weighted by atomic mass is 9.95. The third kappa shape index (κ3) is 2.40. The molecule has 0 aliphatic carbocycles. The van der Waals surface area contributed by atoms with Crippen molar-refractivity contribution in [1.82, 2.24) is 9.78 Å². The van der Waals surface area contributed by atoms with E-state index in [9.17, 15) is 9.59 Å². The first-order valence-electron chi connectivity index (χ1n) is 7.65. The van der Waals surface area contributed by atoms with Gasteiger partial charge in [-0.05, 0) is 44.4 Å². The first-order valence-corrected chi connectivity index (χ1v) is 7.65. The standard InChI is InChI=1S/C17H20N4O2/c1-10-15(11(2)20(3)19-10)17(23)21-9-5-7-12-13(16(18)22)6-4-8-14(12)21/h4,6,8H,5,7,9H2,1-3H3,(H2,18,22). The van der Waals surface area contributed by atoms with E-state index in [-0.39, 0.29) is 5.91 Å². The van der Waals surface area contributed by atoms with E-state index in [2.05, 4.69) is 5.10 Å². The van der Waals surface area contributed by atoms with E-state index < -0.39 is 5.91 Å². The summed E-state index contributed by atoms with van der Waals surface area (Å²) in [4.78, 5) is 26.4. The summed E-state index contributed by atoms with van der Waals surface area (Å²) in [6, 6.07) is 5.36. The average Bonchev–Trinajstić information content (AvgIpc) is 2.78. The maximum Gasteiger partial charge on any atom is 0.262 e. The third-order valence-electron chi connectivity index (χ3n) is 4.48. The molecule has 120 valence electrons. The first kappa shape index (κ1) is 15.3. The molecule has 23 heavy (non-hydrogen) atoms. The maximum absolute atomic E-state index is 13.1. The van der Waals surface area contributed by atoms with Crippen LogP contribution in [0, 0.1) is 13.8 Å². The van der Waals surface area contributed by atoms with E-state index in [0.717, 1.165) is 29.8 Å². The summed E-state index contributed by atoms with van der Waals surface area (Å²) >= 11 is 0. The molecule has 2 N–H and O–H groups in total. The molecule has 1 aliphatic rings. The molecular weight excluding hydrogens is 292 g/mol. The second-order valence-electron chi connectivity index (χ2n) is 5.90. The average molecular weight is 312 g/mol. The number of aryl methyl sites for hydroxylation is 2. The van der Waals surface area contributed by atoms with Gasteiger partial charge < -0.3 is 10.6 Å². The van der Waals surface area contributed by atoms with E-state index >= 15 is 0 Å². The van der Waals surface area contributed by atoms with Gasteiger partial charge in [0.2, 0.25) is 5.91 Å². The van der Waals surface area contributed by atoms with Crippen LogP contribution in [-0.4, -0.2) is 28.1 Å². The molecular formula is C17H20N4O2. The van der Waals surface area contributed by atoms with Crippen LogP contribution in [0.5, 0.6) is 0 Å². The van der Waals surface area contributed by atoms with Crippen LogP contribution in [0.15, 0.2) is 18.2 Å². The summed E-state index contributed by atoms with van der Waals surface area (Å²) in [5.74, 6) is -0.527. The molecule has 0 bridgehead atoms. The van der Waals surface area contributed by atoms with Gasteiger partial charge in [0.05, 0.1) is 11.3 Å². The lowest BCUT2D eigenvalue weighted by molar-refractivity contribution is 0.0976. The van der Waals surface area contributed by atoms with Crippen molar-refractivity contribution in [2.45, 2.75) is 26.7 Å². The highest BCUT2D eigenvalue weighted by Gasteiger charge is 2.29. The molecule has 0 unspecified atom stereocenters. The van der Waals surface area contributed by atoms with E-state index in [1.807, 2.05) is 27.0 Å². The van der Waals surface area contributed by atoms with Crippen molar-refractivity contribution in [3.05, 3.63) is 46.3 Å². The number of aromatic nitrogens is 2. The van der Waals surface area contributed by atoms with Crippen LogP contribution < -0.4 is 10.6 Å². The fraction of sp³-hybridized carbons (Fsp3) is 0.353. The fourth-order valence-corrected chi connectivity index (χ4v) is 3.28. The van der Waals surface area contributed by atoms with E-state index in [1.165, 1.54) is 0 Å². The van der Waals surface area contributed by atoms with Crippen LogP contribution in [0.25, 0.3) is 0 Å². The second-order valence-corrected chi connectivity index (χ2v) is 5.90. The molecule has 6 nitrogen and oxygen atoms in total. The van der Waals surface area contributed by atoms with Gasteiger partial charge in [0.15, 0.2) is 0 Å². The highest BCUT2D eigenvalue weighted by atomic mass is 16.2. The summed E-state index contributed by atoms with van der Waals surface area (Å²) in [5, 5.41) is 4.32. The normalized spacial score (nSPS) is 13.8. The number of rotatable bonds is 2. The minimum Gasteiger partial charge on any atom is -0.366 e. The van der Waals surface area contributed by atoms with Crippen LogP contribution in [0.2, 0.25) is 0 Å². The second kappa shape index (κ2) is 5.53. The Labute approximate surface area is 134 Å². The van der Waals surface area contributed by atoms with Crippen LogP contribution in [0.1, 0.15) is 44.1 Å². The molecule has 0 fully saturated rings. The molecule has 0 saturated carbocycles. The monoisotopic (exact) mass is 312 g/mol. The number of benzene rings is 1. The van der Waals surface area contributed by atoms with Gasteiger partial charge in [0.1, 0.15) is 0 Å². The van der Waals surface area contributed by atoms with Crippen LogP contribution in [0.4, 0.5) is 5.69 Å². The van der Waals surface area contributed by atoms with Crippen molar-refractivity contribution in [2.75, 3.05) is 11.4 Å². The molecule has 2 aromatic rings. The Morgan fingerprint density at radius 3 is 2.61 bits per heavy atom. The number of hydrogen-bond donors (Lipinski definition) is 1. The Hall–Kier alpha value is -2.63. The van der Waals surface area contributed by atoms with Gasteiger partial charge in [0.25, 0.3) is 5.91 Å².